The van der Waals surface area contributed by atoms with Crippen LogP contribution in [0.5, 0.6) is 0 Å². The Morgan fingerprint density at radius 2 is 1.76 bits per heavy atom. The van der Waals surface area contributed by atoms with Gasteiger partial charge in [0.2, 0.25) is 0 Å². The summed E-state index contributed by atoms with van der Waals surface area (Å²) >= 11 is 0. The molecule has 1 aromatic carbocycles. The van der Waals surface area contributed by atoms with E-state index in [9.17, 15) is 9.59 Å². The highest BCUT2D eigenvalue weighted by molar-refractivity contribution is 6.00. The first-order valence-corrected chi connectivity index (χ1v) is 5.79. The van der Waals surface area contributed by atoms with Crippen LogP contribution >= 0.6 is 0 Å². The maximum Gasteiger partial charge on any atom is 0.306 e. The van der Waals surface area contributed by atoms with Crippen LogP contribution in [-0.4, -0.2) is 16.9 Å². The second-order valence-electron chi connectivity index (χ2n) is 4.34. The molecule has 1 atom stereocenters. The average molecular weight is 234 g/mol. The number of rotatable bonds is 5. The number of hydrogen-bond acceptors (Lipinski definition) is 2. The van der Waals surface area contributed by atoms with E-state index in [-0.39, 0.29) is 12.2 Å². The van der Waals surface area contributed by atoms with Gasteiger partial charge >= 0.3 is 5.97 Å². The first-order valence-electron chi connectivity index (χ1n) is 5.79. The topological polar surface area (TPSA) is 54.4 Å². The van der Waals surface area contributed by atoms with Crippen molar-refractivity contribution in [1.82, 2.24) is 0 Å². The first-order chi connectivity index (χ1) is 7.97. The van der Waals surface area contributed by atoms with Gasteiger partial charge in [0.15, 0.2) is 5.78 Å². The molecule has 0 saturated carbocycles. The van der Waals surface area contributed by atoms with Gasteiger partial charge in [-0.1, -0.05) is 25.1 Å². The van der Waals surface area contributed by atoms with Crippen LogP contribution in [0.4, 0.5) is 0 Å². The average Bonchev–Trinajstić information content (AvgIpc) is 2.25. The molecule has 0 radical (unpaired) electrons. The van der Waals surface area contributed by atoms with Crippen LogP contribution in [0.2, 0.25) is 0 Å². The third-order valence-electron chi connectivity index (χ3n) is 3.03. The standard InChI is InChI=1S/C14H18O3/c1-4-11(14(16)17)8-12(15)13-9(2)6-5-7-10(13)3/h5-7,11H,4,8H2,1-3H3,(H,16,17). The van der Waals surface area contributed by atoms with Crippen molar-refractivity contribution in [3.8, 4) is 0 Å². The molecule has 0 aromatic heterocycles. The van der Waals surface area contributed by atoms with Crippen LogP contribution in [0.15, 0.2) is 18.2 Å². The fourth-order valence-corrected chi connectivity index (χ4v) is 1.99. The molecule has 0 spiro atoms. The fraction of sp³-hybridized carbons (Fsp3) is 0.429. The van der Waals surface area contributed by atoms with Crippen LogP contribution < -0.4 is 0 Å². The molecular formula is C14H18O3. The summed E-state index contributed by atoms with van der Waals surface area (Å²) in [4.78, 5) is 23.0. The minimum Gasteiger partial charge on any atom is -0.481 e. The van der Waals surface area contributed by atoms with Crippen LogP contribution in [0.25, 0.3) is 0 Å². The highest BCUT2D eigenvalue weighted by Gasteiger charge is 2.21. The second-order valence-corrected chi connectivity index (χ2v) is 4.34. The summed E-state index contributed by atoms with van der Waals surface area (Å²) in [7, 11) is 0. The van der Waals surface area contributed by atoms with E-state index in [0.29, 0.717) is 12.0 Å². The van der Waals surface area contributed by atoms with Gasteiger partial charge in [-0.15, -0.1) is 0 Å². The lowest BCUT2D eigenvalue weighted by molar-refractivity contribution is -0.141. The second kappa shape index (κ2) is 5.62. The number of aliphatic carboxylic acids is 1. The number of ketones is 1. The monoisotopic (exact) mass is 234 g/mol. The summed E-state index contributed by atoms with van der Waals surface area (Å²) in [5.41, 5.74) is 2.50. The maximum atomic E-state index is 12.1. The van der Waals surface area contributed by atoms with Crippen molar-refractivity contribution in [2.45, 2.75) is 33.6 Å². The number of benzene rings is 1. The van der Waals surface area contributed by atoms with Gasteiger partial charge in [0, 0.05) is 12.0 Å². The molecule has 0 amide bonds. The lowest BCUT2D eigenvalue weighted by Gasteiger charge is -2.12. The molecule has 1 N–H and O–H groups in total. The van der Waals surface area contributed by atoms with Gasteiger partial charge in [0.1, 0.15) is 0 Å². The van der Waals surface area contributed by atoms with Crippen molar-refractivity contribution in [3.63, 3.8) is 0 Å². The summed E-state index contributed by atoms with van der Waals surface area (Å²) in [5, 5.41) is 8.96. The van der Waals surface area contributed by atoms with E-state index in [1.54, 1.807) is 6.92 Å². The first kappa shape index (κ1) is 13.4. The summed E-state index contributed by atoms with van der Waals surface area (Å²) in [5.74, 6) is -1.55. The van der Waals surface area contributed by atoms with Crippen molar-refractivity contribution in [3.05, 3.63) is 34.9 Å². The molecule has 0 fully saturated rings. The molecule has 92 valence electrons. The minimum atomic E-state index is -0.896. The van der Waals surface area contributed by atoms with Crippen LogP contribution in [0.1, 0.15) is 41.3 Å². The van der Waals surface area contributed by atoms with Gasteiger partial charge < -0.3 is 5.11 Å². The van der Waals surface area contributed by atoms with Gasteiger partial charge in [-0.05, 0) is 31.4 Å². The molecule has 0 bridgehead atoms. The predicted octanol–water partition coefficient (Wildman–Crippen LogP) is 2.99. The number of carbonyl (C=O) groups is 2. The van der Waals surface area contributed by atoms with E-state index < -0.39 is 11.9 Å². The van der Waals surface area contributed by atoms with Gasteiger partial charge in [0.25, 0.3) is 0 Å². The lowest BCUT2D eigenvalue weighted by Crippen LogP contribution is -2.18. The van der Waals surface area contributed by atoms with Crippen molar-refractivity contribution < 1.29 is 14.7 Å². The molecule has 0 heterocycles. The van der Waals surface area contributed by atoms with E-state index in [1.165, 1.54) is 0 Å². The van der Waals surface area contributed by atoms with Gasteiger partial charge in [-0.3, -0.25) is 9.59 Å². The number of carboxylic acid groups (broad SMARTS) is 1. The third-order valence-corrected chi connectivity index (χ3v) is 3.03. The fourth-order valence-electron chi connectivity index (χ4n) is 1.99. The molecule has 1 unspecified atom stereocenters. The van der Waals surface area contributed by atoms with Crippen LogP contribution in [-0.2, 0) is 4.79 Å². The third kappa shape index (κ3) is 3.16. The SMILES string of the molecule is CCC(CC(=O)c1c(C)cccc1C)C(=O)O. The Morgan fingerprint density at radius 1 is 1.24 bits per heavy atom. The largest absolute Gasteiger partial charge is 0.481 e. The van der Waals surface area contributed by atoms with Crippen molar-refractivity contribution in [1.29, 1.82) is 0 Å². The van der Waals surface area contributed by atoms with Crippen molar-refractivity contribution >= 4 is 11.8 Å². The zero-order chi connectivity index (χ0) is 13.0. The summed E-state index contributed by atoms with van der Waals surface area (Å²) in [6.45, 7) is 5.54. The Kier molecular flexibility index (Phi) is 4.44. The van der Waals surface area contributed by atoms with Gasteiger partial charge in [-0.2, -0.15) is 0 Å². The van der Waals surface area contributed by atoms with Crippen LogP contribution in [0, 0.1) is 19.8 Å². The van der Waals surface area contributed by atoms with Gasteiger partial charge in [-0.25, -0.2) is 0 Å². The van der Waals surface area contributed by atoms with Crippen LogP contribution in [0.3, 0.4) is 0 Å². The molecule has 0 aliphatic heterocycles. The highest BCUT2D eigenvalue weighted by atomic mass is 16.4. The number of hydrogen-bond donors (Lipinski definition) is 1. The van der Waals surface area contributed by atoms with Crippen molar-refractivity contribution in [2.24, 2.45) is 5.92 Å². The molecule has 3 heteroatoms. The molecule has 0 aliphatic carbocycles. The zero-order valence-corrected chi connectivity index (χ0v) is 10.5. The number of aryl methyl sites for hydroxylation is 2. The smallest absolute Gasteiger partial charge is 0.306 e. The van der Waals surface area contributed by atoms with E-state index in [4.69, 9.17) is 5.11 Å². The maximum absolute atomic E-state index is 12.1. The van der Waals surface area contributed by atoms with E-state index in [0.717, 1.165) is 11.1 Å². The molecule has 1 rings (SSSR count). The normalized spacial score (nSPS) is 12.2. The number of carbonyl (C=O) groups excluding carboxylic acids is 1. The molecule has 0 aliphatic rings. The van der Waals surface area contributed by atoms with Gasteiger partial charge in [0.05, 0.1) is 5.92 Å². The Labute approximate surface area is 101 Å². The molecule has 0 saturated heterocycles. The zero-order valence-electron chi connectivity index (χ0n) is 10.5. The van der Waals surface area contributed by atoms with E-state index in [1.807, 2.05) is 32.0 Å². The Bertz CT molecular complexity index is 415. The van der Waals surface area contributed by atoms with Crippen molar-refractivity contribution in [2.75, 3.05) is 0 Å². The number of carboxylic acids is 1. The Hall–Kier alpha value is -1.64. The lowest BCUT2D eigenvalue weighted by atomic mass is 9.91. The Balaban J connectivity index is 2.94. The predicted molar refractivity (Wildman–Crippen MR) is 66.3 cm³/mol. The molecule has 3 nitrogen and oxygen atoms in total. The van der Waals surface area contributed by atoms with E-state index >= 15 is 0 Å². The summed E-state index contributed by atoms with van der Waals surface area (Å²) in [6, 6.07) is 5.65. The summed E-state index contributed by atoms with van der Waals surface area (Å²) < 4.78 is 0. The minimum absolute atomic E-state index is 0.0742. The van der Waals surface area contributed by atoms with E-state index in [2.05, 4.69) is 0 Å². The number of Topliss-reactive ketones (excluding diaryl/α,β-unsaturated/α-hetero) is 1. The summed E-state index contributed by atoms with van der Waals surface area (Å²) in [6.07, 6.45) is 0.559. The molecule has 1 aromatic rings. The Morgan fingerprint density at radius 3 is 2.18 bits per heavy atom. The quantitative estimate of drug-likeness (QED) is 0.797. The molecule has 17 heavy (non-hydrogen) atoms. The highest BCUT2D eigenvalue weighted by Crippen LogP contribution is 2.19. The molecular weight excluding hydrogens is 216 g/mol.